The molecule has 1 heterocycles. The Kier molecular flexibility index (Phi) is 5.21. The van der Waals surface area contributed by atoms with Crippen LogP contribution in [-0.4, -0.2) is 18.4 Å². The van der Waals surface area contributed by atoms with Gasteiger partial charge in [-0.1, -0.05) is 37.3 Å². The van der Waals surface area contributed by atoms with Gasteiger partial charge in [0, 0.05) is 18.7 Å². The number of carbonyl (C=O) groups excluding carboxylic acids is 2. The van der Waals surface area contributed by atoms with Gasteiger partial charge in [-0.3, -0.25) is 9.59 Å². The van der Waals surface area contributed by atoms with E-state index in [9.17, 15) is 22.8 Å². The van der Waals surface area contributed by atoms with Crippen molar-refractivity contribution in [1.29, 1.82) is 0 Å². The molecule has 0 spiro atoms. The molecule has 1 saturated heterocycles. The average Bonchev–Trinajstić information content (AvgIpc) is 3.03. The minimum Gasteiger partial charge on any atom is -0.326 e. The SMILES string of the molecule is CCc1ccccc1NC(=O)C1CC(=O)N(c2ccccc2C(F)(F)F)C1. The summed E-state index contributed by atoms with van der Waals surface area (Å²) in [5.74, 6) is -1.56. The maximum atomic E-state index is 13.2. The van der Waals surface area contributed by atoms with Crippen molar-refractivity contribution in [2.75, 3.05) is 16.8 Å². The first-order valence-electron chi connectivity index (χ1n) is 8.66. The molecule has 0 radical (unpaired) electrons. The maximum Gasteiger partial charge on any atom is 0.418 e. The Balaban J connectivity index is 1.79. The third-order valence-corrected chi connectivity index (χ3v) is 4.65. The quantitative estimate of drug-likeness (QED) is 0.867. The second-order valence-corrected chi connectivity index (χ2v) is 6.42. The lowest BCUT2D eigenvalue weighted by Gasteiger charge is -2.21. The van der Waals surface area contributed by atoms with E-state index in [2.05, 4.69) is 5.32 Å². The molecule has 2 aromatic carbocycles. The maximum absolute atomic E-state index is 13.2. The number of halogens is 3. The molecule has 1 unspecified atom stereocenters. The standard InChI is InChI=1S/C20H19F3N2O2/c1-2-13-7-3-5-9-16(13)24-19(27)14-11-18(26)25(12-14)17-10-6-4-8-15(17)20(21,22)23/h3-10,14H,2,11-12H2,1H3,(H,24,27). The summed E-state index contributed by atoms with van der Waals surface area (Å²) in [6, 6.07) is 12.2. The second kappa shape index (κ2) is 7.42. The van der Waals surface area contributed by atoms with Crippen molar-refractivity contribution >= 4 is 23.2 Å². The Hall–Kier alpha value is -2.83. The van der Waals surface area contributed by atoms with Crippen LogP contribution >= 0.6 is 0 Å². The second-order valence-electron chi connectivity index (χ2n) is 6.42. The molecule has 0 saturated carbocycles. The lowest BCUT2D eigenvalue weighted by atomic mass is 10.1. The van der Waals surface area contributed by atoms with Crippen LogP contribution in [-0.2, 0) is 22.2 Å². The van der Waals surface area contributed by atoms with Gasteiger partial charge in [0.2, 0.25) is 11.8 Å². The topological polar surface area (TPSA) is 49.4 Å². The van der Waals surface area contributed by atoms with Crippen molar-refractivity contribution in [3.05, 3.63) is 59.7 Å². The Morgan fingerprint density at radius 2 is 1.81 bits per heavy atom. The third-order valence-electron chi connectivity index (χ3n) is 4.65. The molecule has 4 nitrogen and oxygen atoms in total. The predicted molar refractivity (Wildman–Crippen MR) is 96.4 cm³/mol. The Bertz CT molecular complexity index is 864. The van der Waals surface area contributed by atoms with Gasteiger partial charge in [-0.25, -0.2) is 0 Å². The minimum atomic E-state index is -4.57. The number of alkyl halides is 3. The van der Waals surface area contributed by atoms with Crippen LogP contribution in [0, 0.1) is 5.92 Å². The Morgan fingerprint density at radius 1 is 1.15 bits per heavy atom. The van der Waals surface area contributed by atoms with E-state index in [0.717, 1.165) is 23.0 Å². The highest BCUT2D eigenvalue weighted by Crippen LogP contribution is 2.38. The molecule has 142 valence electrons. The van der Waals surface area contributed by atoms with Crippen molar-refractivity contribution in [1.82, 2.24) is 0 Å². The molecule has 1 aliphatic heterocycles. The lowest BCUT2D eigenvalue weighted by Crippen LogP contribution is -2.29. The van der Waals surface area contributed by atoms with Crippen LogP contribution in [0.15, 0.2) is 48.5 Å². The molecule has 2 aromatic rings. The average molecular weight is 376 g/mol. The van der Waals surface area contributed by atoms with Gasteiger partial charge in [0.15, 0.2) is 0 Å². The number of nitrogens with one attached hydrogen (secondary N) is 1. The molecule has 27 heavy (non-hydrogen) atoms. The number of benzene rings is 2. The van der Waals surface area contributed by atoms with Gasteiger partial charge in [0.1, 0.15) is 0 Å². The van der Waals surface area contributed by atoms with Gasteiger partial charge in [0.25, 0.3) is 0 Å². The van der Waals surface area contributed by atoms with Gasteiger partial charge < -0.3 is 10.2 Å². The van der Waals surface area contributed by atoms with Gasteiger partial charge in [0.05, 0.1) is 17.2 Å². The summed E-state index contributed by atoms with van der Waals surface area (Å²) < 4.78 is 39.7. The molecule has 2 amide bonds. The first kappa shape index (κ1) is 18.9. The van der Waals surface area contributed by atoms with Crippen molar-refractivity contribution < 1.29 is 22.8 Å². The van der Waals surface area contributed by atoms with Crippen molar-refractivity contribution in [2.45, 2.75) is 25.9 Å². The van der Waals surface area contributed by atoms with Crippen LogP contribution in [0.1, 0.15) is 24.5 Å². The van der Waals surface area contributed by atoms with E-state index < -0.39 is 23.6 Å². The first-order valence-corrected chi connectivity index (χ1v) is 8.66. The lowest BCUT2D eigenvalue weighted by molar-refractivity contribution is -0.137. The smallest absolute Gasteiger partial charge is 0.326 e. The summed E-state index contributed by atoms with van der Waals surface area (Å²) in [4.78, 5) is 26.0. The summed E-state index contributed by atoms with van der Waals surface area (Å²) in [7, 11) is 0. The molecule has 1 fully saturated rings. The fourth-order valence-corrected chi connectivity index (χ4v) is 3.25. The molecular weight excluding hydrogens is 357 g/mol. The first-order chi connectivity index (χ1) is 12.8. The predicted octanol–water partition coefficient (Wildman–Crippen LogP) is 4.26. The van der Waals surface area contributed by atoms with Crippen LogP contribution in [0.25, 0.3) is 0 Å². The molecule has 7 heteroatoms. The van der Waals surface area contributed by atoms with Gasteiger partial charge in [-0.05, 0) is 30.2 Å². The monoisotopic (exact) mass is 376 g/mol. The molecular formula is C20H19F3N2O2. The van der Waals surface area contributed by atoms with E-state index in [4.69, 9.17) is 0 Å². The highest BCUT2D eigenvalue weighted by molar-refractivity contribution is 6.04. The summed E-state index contributed by atoms with van der Waals surface area (Å²) in [6.07, 6.45) is -3.96. The zero-order valence-corrected chi connectivity index (χ0v) is 14.7. The molecule has 1 atom stereocenters. The fourth-order valence-electron chi connectivity index (χ4n) is 3.25. The number of nitrogens with zero attached hydrogens (tertiary/aromatic N) is 1. The number of hydrogen-bond donors (Lipinski definition) is 1. The molecule has 0 bridgehead atoms. The number of carbonyl (C=O) groups is 2. The number of rotatable bonds is 4. The van der Waals surface area contributed by atoms with Crippen molar-refractivity contribution in [3.63, 3.8) is 0 Å². The number of aryl methyl sites for hydroxylation is 1. The van der Waals surface area contributed by atoms with Crippen LogP contribution in [0.3, 0.4) is 0 Å². The Morgan fingerprint density at radius 3 is 2.52 bits per heavy atom. The zero-order valence-electron chi connectivity index (χ0n) is 14.7. The number of hydrogen-bond acceptors (Lipinski definition) is 2. The van der Waals surface area contributed by atoms with Gasteiger partial charge in [-0.2, -0.15) is 13.2 Å². The van der Waals surface area contributed by atoms with E-state index in [1.54, 1.807) is 12.1 Å². The van der Waals surface area contributed by atoms with E-state index >= 15 is 0 Å². The van der Waals surface area contributed by atoms with E-state index in [1.165, 1.54) is 18.2 Å². The molecule has 1 N–H and O–H groups in total. The molecule has 3 rings (SSSR count). The third kappa shape index (κ3) is 3.97. The van der Waals surface area contributed by atoms with E-state index in [0.29, 0.717) is 5.69 Å². The van der Waals surface area contributed by atoms with Crippen LogP contribution in [0.2, 0.25) is 0 Å². The molecule has 0 aliphatic carbocycles. The van der Waals surface area contributed by atoms with Crippen LogP contribution < -0.4 is 10.2 Å². The summed E-state index contributed by atoms with van der Waals surface area (Å²) >= 11 is 0. The van der Waals surface area contributed by atoms with E-state index in [1.807, 2.05) is 19.1 Å². The number of amides is 2. The Labute approximate surface area is 155 Å². The van der Waals surface area contributed by atoms with Crippen LogP contribution in [0.5, 0.6) is 0 Å². The number of para-hydroxylation sites is 2. The summed E-state index contributed by atoms with van der Waals surface area (Å²) in [5, 5.41) is 2.80. The molecule has 0 aromatic heterocycles. The largest absolute Gasteiger partial charge is 0.418 e. The van der Waals surface area contributed by atoms with Gasteiger partial charge >= 0.3 is 6.18 Å². The van der Waals surface area contributed by atoms with Crippen molar-refractivity contribution in [2.24, 2.45) is 5.92 Å². The molecule has 1 aliphatic rings. The number of anilines is 2. The zero-order chi connectivity index (χ0) is 19.6. The highest BCUT2D eigenvalue weighted by Gasteiger charge is 2.40. The summed E-state index contributed by atoms with van der Waals surface area (Å²) in [5.41, 5.74) is 0.524. The highest BCUT2D eigenvalue weighted by atomic mass is 19.4. The fraction of sp³-hybridized carbons (Fsp3) is 0.300. The summed E-state index contributed by atoms with van der Waals surface area (Å²) in [6.45, 7) is 1.88. The minimum absolute atomic E-state index is 0.0773. The van der Waals surface area contributed by atoms with E-state index in [-0.39, 0.29) is 24.6 Å². The van der Waals surface area contributed by atoms with Crippen molar-refractivity contribution in [3.8, 4) is 0 Å². The normalized spacial score (nSPS) is 17.3. The van der Waals surface area contributed by atoms with Gasteiger partial charge in [-0.15, -0.1) is 0 Å². The van der Waals surface area contributed by atoms with Crippen LogP contribution in [0.4, 0.5) is 24.5 Å².